The van der Waals surface area contributed by atoms with Gasteiger partial charge in [0, 0.05) is 36.7 Å². The molecule has 0 radical (unpaired) electrons. The van der Waals surface area contributed by atoms with Crippen LogP contribution in [0, 0.1) is 5.41 Å². The summed E-state index contributed by atoms with van der Waals surface area (Å²) in [5.41, 5.74) is 1.54. The van der Waals surface area contributed by atoms with Crippen molar-refractivity contribution in [2.75, 3.05) is 26.2 Å². The van der Waals surface area contributed by atoms with Crippen LogP contribution in [0.25, 0.3) is 0 Å². The molecule has 0 amide bonds. The second-order valence-corrected chi connectivity index (χ2v) is 7.49. The van der Waals surface area contributed by atoms with Crippen LogP contribution >= 0.6 is 52.3 Å². The van der Waals surface area contributed by atoms with Crippen molar-refractivity contribution in [1.82, 2.24) is 10.2 Å². The van der Waals surface area contributed by atoms with Crippen LogP contribution < -0.4 is 5.32 Å². The van der Waals surface area contributed by atoms with E-state index in [1.54, 1.807) is 0 Å². The van der Waals surface area contributed by atoms with Gasteiger partial charge < -0.3 is 5.32 Å². The molecular weight excluding hydrogens is 394 g/mol. The second kappa shape index (κ2) is 8.95. The van der Waals surface area contributed by atoms with E-state index in [0.29, 0.717) is 6.04 Å². The molecule has 122 valence electrons. The first kappa shape index (κ1) is 21.5. The fraction of sp³-hybridized carbons (Fsp3) is 0.600. The minimum absolute atomic E-state index is 0. The Labute approximate surface area is 153 Å². The number of piperazine rings is 1. The first-order chi connectivity index (χ1) is 8.89. The molecular formula is C15H24BrCl3N2. The van der Waals surface area contributed by atoms with Gasteiger partial charge in [0.2, 0.25) is 0 Å². The minimum atomic E-state index is 0. The first-order valence-electron chi connectivity index (χ1n) is 6.79. The van der Waals surface area contributed by atoms with Gasteiger partial charge in [-0.05, 0) is 39.0 Å². The highest BCUT2D eigenvalue weighted by atomic mass is 79.9. The summed E-state index contributed by atoms with van der Waals surface area (Å²) < 4.78 is 0.982. The van der Waals surface area contributed by atoms with Crippen molar-refractivity contribution in [3.8, 4) is 0 Å². The molecule has 1 N–H and O–H groups in total. The van der Waals surface area contributed by atoms with Crippen molar-refractivity contribution < 1.29 is 0 Å². The number of hydrogen-bond acceptors (Lipinski definition) is 2. The van der Waals surface area contributed by atoms with E-state index in [4.69, 9.17) is 11.6 Å². The largest absolute Gasteiger partial charge is 0.314 e. The highest BCUT2D eigenvalue weighted by Crippen LogP contribution is 2.39. The smallest absolute Gasteiger partial charge is 0.0548 e. The Hall–Kier alpha value is 0.490. The lowest BCUT2D eigenvalue weighted by atomic mass is 9.81. The third-order valence-electron chi connectivity index (χ3n) is 3.60. The van der Waals surface area contributed by atoms with Gasteiger partial charge in [0.25, 0.3) is 0 Å². The SMILES string of the molecule is CC(C)(C)[C@@H](c1ccc(Cl)c(Br)c1)N1CCNCC1.Cl.Cl. The van der Waals surface area contributed by atoms with Crippen LogP contribution in [0.5, 0.6) is 0 Å². The number of halogens is 4. The molecule has 1 aliphatic heterocycles. The topological polar surface area (TPSA) is 15.3 Å². The zero-order chi connectivity index (χ0) is 14.0. The van der Waals surface area contributed by atoms with E-state index in [2.05, 4.69) is 59.1 Å². The van der Waals surface area contributed by atoms with Crippen LogP contribution in [0.4, 0.5) is 0 Å². The molecule has 6 heteroatoms. The van der Waals surface area contributed by atoms with Crippen molar-refractivity contribution in [3.05, 3.63) is 33.3 Å². The van der Waals surface area contributed by atoms with Gasteiger partial charge in [0.1, 0.15) is 0 Å². The van der Waals surface area contributed by atoms with Gasteiger partial charge >= 0.3 is 0 Å². The lowest BCUT2D eigenvalue weighted by Gasteiger charge is -2.42. The van der Waals surface area contributed by atoms with Gasteiger partial charge in [-0.3, -0.25) is 4.90 Å². The van der Waals surface area contributed by atoms with Crippen LogP contribution in [0.3, 0.4) is 0 Å². The average Bonchev–Trinajstić information content (AvgIpc) is 2.34. The Morgan fingerprint density at radius 3 is 2.24 bits per heavy atom. The second-order valence-electron chi connectivity index (χ2n) is 6.23. The maximum Gasteiger partial charge on any atom is 0.0548 e. The van der Waals surface area contributed by atoms with Crippen LogP contribution in [-0.4, -0.2) is 31.1 Å². The third kappa shape index (κ3) is 5.56. The molecule has 21 heavy (non-hydrogen) atoms. The van der Waals surface area contributed by atoms with Crippen molar-refractivity contribution in [3.63, 3.8) is 0 Å². The fourth-order valence-electron chi connectivity index (χ4n) is 2.88. The fourth-order valence-corrected chi connectivity index (χ4v) is 3.40. The molecule has 1 heterocycles. The van der Waals surface area contributed by atoms with Gasteiger partial charge in [0.15, 0.2) is 0 Å². The molecule has 2 rings (SSSR count). The van der Waals surface area contributed by atoms with E-state index in [-0.39, 0.29) is 30.2 Å². The number of hydrogen-bond donors (Lipinski definition) is 1. The Kier molecular flexibility index (Phi) is 9.16. The summed E-state index contributed by atoms with van der Waals surface area (Å²) in [6, 6.07) is 6.73. The molecule has 0 unspecified atom stereocenters. The Bertz CT molecular complexity index is 443. The number of nitrogens with one attached hydrogen (secondary N) is 1. The summed E-state index contributed by atoms with van der Waals surface area (Å²) in [7, 11) is 0. The molecule has 1 aromatic rings. The van der Waals surface area contributed by atoms with Gasteiger partial charge in [-0.25, -0.2) is 0 Å². The van der Waals surface area contributed by atoms with Gasteiger partial charge in [-0.2, -0.15) is 0 Å². The Morgan fingerprint density at radius 1 is 1.19 bits per heavy atom. The molecule has 1 fully saturated rings. The third-order valence-corrected chi connectivity index (χ3v) is 4.81. The summed E-state index contributed by atoms with van der Waals surface area (Å²) in [5.74, 6) is 0. The van der Waals surface area contributed by atoms with Crippen LogP contribution in [0.15, 0.2) is 22.7 Å². The quantitative estimate of drug-likeness (QED) is 0.732. The van der Waals surface area contributed by atoms with E-state index >= 15 is 0 Å². The van der Waals surface area contributed by atoms with E-state index < -0.39 is 0 Å². The summed E-state index contributed by atoms with van der Waals surface area (Å²) in [6.45, 7) is 11.3. The summed E-state index contributed by atoms with van der Waals surface area (Å²) in [5, 5.41) is 4.20. The van der Waals surface area contributed by atoms with Crippen LogP contribution in [0.1, 0.15) is 32.4 Å². The Balaban J connectivity index is 0.00000200. The zero-order valence-electron chi connectivity index (χ0n) is 12.7. The average molecular weight is 419 g/mol. The minimum Gasteiger partial charge on any atom is -0.314 e. The molecule has 0 aliphatic carbocycles. The van der Waals surface area contributed by atoms with Crippen molar-refractivity contribution in [2.24, 2.45) is 5.41 Å². The van der Waals surface area contributed by atoms with E-state index in [0.717, 1.165) is 35.7 Å². The number of rotatable bonds is 2. The first-order valence-corrected chi connectivity index (χ1v) is 7.96. The monoisotopic (exact) mass is 416 g/mol. The highest BCUT2D eigenvalue weighted by molar-refractivity contribution is 9.10. The molecule has 2 nitrogen and oxygen atoms in total. The maximum atomic E-state index is 6.11. The number of nitrogens with zero attached hydrogens (tertiary/aromatic N) is 1. The van der Waals surface area contributed by atoms with Gasteiger partial charge in [0.05, 0.1) is 5.02 Å². The predicted molar refractivity (Wildman–Crippen MR) is 100 cm³/mol. The van der Waals surface area contributed by atoms with Crippen molar-refractivity contribution in [2.45, 2.75) is 26.8 Å². The Morgan fingerprint density at radius 2 is 1.76 bits per heavy atom. The lowest BCUT2D eigenvalue weighted by Crippen LogP contribution is -2.48. The van der Waals surface area contributed by atoms with Crippen LogP contribution in [-0.2, 0) is 0 Å². The lowest BCUT2D eigenvalue weighted by molar-refractivity contribution is 0.0862. The molecule has 0 saturated carbocycles. The predicted octanol–water partition coefficient (Wildman–Crippen LogP) is 4.94. The number of benzene rings is 1. The summed E-state index contributed by atoms with van der Waals surface area (Å²) in [6.07, 6.45) is 0. The van der Waals surface area contributed by atoms with Crippen molar-refractivity contribution in [1.29, 1.82) is 0 Å². The normalized spacial score (nSPS) is 17.6. The maximum absolute atomic E-state index is 6.11. The molecule has 0 aromatic heterocycles. The van der Waals surface area contributed by atoms with E-state index in [1.807, 2.05) is 6.07 Å². The van der Waals surface area contributed by atoms with Crippen LogP contribution in [0.2, 0.25) is 5.02 Å². The van der Waals surface area contributed by atoms with E-state index in [1.165, 1.54) is 5.56 Å². The molecule has 1 aromatic carbocycles. The molecule has 0 bridgehead atoms. The highest BCUT2D eigenvalue weighted by Gasteiger charge is 2.32. The van der Waals surface area contributed by atoms with Gasteiger partial charge in [-0.15, -0.1) is 24.8 Å². The molecule has 1 atom stereocenters. The standard InChI is InChI=1S/C15H22BrClN2.2ClH/c1-15(2,3)14(19-8-6-18-7-9-19)11-4-5-13(17)12(16)10-11;;/h4-5,10,14,18H,6-9H2,1-3H3;2*1H/t14-;;/m1../s1. The molecule has 0 spiro atoms. The van der Waals surface area contributed by atoms with Gasteiger partial charge in [-0.1, -0.05) is 38.4 Å². The van der Waals surface area contributed by atoms with Crippen molar-refractivity contribution >= 4 is 52.3 Å². The molecule has 1 aliphatic rings. The molecule has 1 saturated heterocycles. The van der Waals surface area contributed by atoms with E-state index in [9.17, 15) is 0 Å². The summed E-state index contributed by atoms with van der Waals surface area (Å²) >= 11 is 9.66. The zero-order valence-corrected chi connectivity index (χ0v) is 16.6. The summed E-state index contributed by atoms with van der Waals surface area (Å²) in [4.78, 5) is 2.58.